The molecular formula is C15H29BrN2O. The molecule has 0 aromatic rings. The third-order valence-electron chi connectivity index (χ3n) is 4.70. The van der Waals surface area contributed by atoms with E-state index in [9.17, 15) is 0 Å². The number of ether oxygens (including phenoxy) is 1. The van der Waals surface area contributed by atoms with E-state index in [4.69, 9.17) is 4.74 Å². The van der Waals surface area contributed by atoms with Crippen molar-refractivity contribution in [1.82, 2.24) is 9.80 Å². The summed E-state index contributed by atoms with van der Waals surface area (Å²) in [5, 5.41) is 1.11. The van der Waals surface area contributed by atoms with Crippen LogP contribution in [0.25, 0.3) is 0 Å². The summed E-state index contributed by atoms with van der Waals surface area (Å²) in [4.78, 5) is 5.29. The van der Waals surface area contributed by atoms with Crippen LogP contribution >= 0.6 is 15.9 Å². The fourth-order valence-electron chi connectivity index (χ4n) is 3.08. The molecule has 19 heavy (non-hydrogen) atoms. The number of likely N-dealkylation sites (tertiary alicyclic amines) is 1. The Morgan fingerprint density at radius 3 is 2.47 bits per heavy atom. The SMILES string of the molecule is CC(C)(C)C(CBr)CN1CCC(N2CCOCC2)C1. The van der Waals surface area contributed by atoms with Gasteiger partial charge >= 0.3 is 0 Å². The van der Waals surface area contributed by atoms with Crippen molar-refractivity contribution in [3.05, 3.63) is 0 Å². The first-order chi connectivity index (χ1) is 9.00. The van der Waals surface area contributed by atoms with Crippen LogP contribution in [0.2, 0.25) is 0 Å². The van der Waals surface area contributed by atoms with Crippen LogP contribution in [0.4, 0.5) is 0 Å². The third kappa shape index (κ3) is 4.42. The van der Waals surface area contributed by atoms with E-state index in [0.717, 1.165) is 43.6 Å². The second-order valence-corrected chi connectivity index (χ2v) is 7.72. The molecule has 4 heteroatoms. The predicted octanol–water partition coefficient (Wildman–Crippen LogP) is 2.45. The number of hydrogen-bond donors (Lipinski definition) is 0. The Labute approximate surface area is 126 Å². The minimum absolute atomic E-state index is 0.389. The molecule has 2 rings (SSSR count). The lowest BCUT2D eigenvalue weighted by molar-refractivity contribution is 0.0179. The number of halogens is 1. The van der Waals surface area contributed by atoms with Crippen LogP contribution in [-0.2, 0) is 4.74 Å². The average Bonchev–Trinajstić information content (AvgIpc) is 2.84. The number of hydrogen-bond acceptors (Lipinski definition) is 3. The van der Waals surface area contributed by atoms with Gasteiger partial charge in [0.25, 0.3) is 0 Å². The van der Waals surface area contributed by atoms with Gasteiger partial charge in [-0.05, 0) is 24.3 Å². The smallest absolute Gasteiger partial charge is 0.0594 e. The van der Waals surface area contributed by atoms with Crippen LogP contribution in [0.5, 0.6) is 0 Å². The average molecular weight is 333 g/mol. The highest BCUT2D eigenvalue weighted by Gasteiger charge is 2.32. The van der Waals surface area contributed by atoms with Crippen LogP contribution in [0.15, 0.2) is 0 Å². The van der Waals surface area contributed by atoms with E-state index >= 15 is 0 Å². The molecule has 2 aliphatic rings. The normalized spacial score (nSPS) is 28.7. The Balaban J connectivity index is 1.81. The summed E-state index contributed by atoms with van der Waals surface area (Å²) in [6.07, 6.45) is 1.33. The van der Waals surface area contributed by atoms with Gasteiger partial charge in [0.15, 0.2) is 0 Å². The zero-order valence-corrected chi connectivity index (χ0v) is 14.3. The zero-order chi connectivity index (χ0) is 13.9. The van der Waals surface area contributed by atoms with Crippen molar-refractivity contribution in [3.8, 4) is 0 Å². The molecule has 112 valence electrons. The molecule has 0 aliphatic carbocycles. The highest BCUT2D eigenvalue weighted by molar-refractivity contribution is 9.09. The molecule has 2 heterocycles. The summed E-state index contributed by atoms with van der Waals surface area (Å²) in [5.74, 6) is 0.732. The summed E-state index contributed by atoms with van der Waals surface area (Å²) in [7, 11) is 0. The number of nitrogens with zero attached hydrogens (tertiary/aromatic N) is 2. The minimum Gasteiger partial charge on any atom is -0.379 e. The maximum atomic E-state index is 5.45. The fourth-order valence-corrected chi connectivity index (χ4v) is 4.26. The Morgan fingerprint density at radius 2 is 1.89 bits per heavy atom. The van der Waals surface area contributed by atoms with E-state index in [1.54, 1.807) is 0 Å². The Bertz CT molecular complexity index is 274. The highest BCUT2D eigenvalue weighted by Crippen LogP contribution is 2.29. The van der Waals surface area contributed by atoms with Crippen LogP contribution in [0.1, 0.15) is 27.2 Å². The van der Waals surface area contributed by atoms with E-state index in [1.165, 1.54) is 26.1 Å². The van der Waals surface area contributed by atoms with Crippen molar-refractivity contribution in [1.29, 1.82) is 0 Å². The van der Waals surface area contributed by atoms with Gasteiger partial charge in [0.1, 0.15) is 0 Å². The van der Waals surface area contributed by atoms with Gasteiger partial charge in [-0.2, -0.15) is 0 Å². The summed E-state index contributed by atoms with van der Waals surface area (Å²) in [6, 6.07) is 0.764. The Kier molecular flexibility index (Phi) is 5.70. The topological polar surface area (TPSA) is 15.7 Å². The summed E-state index contributed by atoms with van der Waals surface area (Å²) < 4.78 is 5.45. The van der Waals surface area contributed by atoms with Crippen molar-refractivity contribution in [2.45, 2.75) is 33.2 Å². The van der Waals surface area contributed by atoms with Crippen molar-refractivity contribution in [3.63, 3.8) is 0 Å². The maximum Gasteiger partial charge on any atom is 0.0594 e. The number of morpholine rings is 1. The summed E-state index contributed by atoms with van der Waals surface area (Å²) in [6.45, 7) is 14.9. The predicted molar refractivity (Wildman–Crippen MR) is 84.0 cm³/mol. The first kappa shape index (κ1) is 15.7. The van der Waals surface area contributed by atoms with Crippen LogP contribution in [0.3, 0.4) is 0 Å². The summed E-state index contributed by atoms with van der Waals surface area (Å²) >= 11 is 3.70. The lowest BCUT2D eigenvalue weighted by Crippen LogP contribution is -2.45. The Hall–Kier alpha value is 0.360. The molecule has 0 amide bonds. The van der Waals surface area contributed by atoms with Gasteiger partial charge in [-0.15, -0.1) is 0 Å². The molecule has 0 aromatic heterocycles. The monoisotopic (exact) mass is 332 g/mol. The lowest BCUT2D eigenvalue weighted by Gasteiger charge is -2.34. The quantitative estimate of drug-likeness (QED) is 0.735. The standard InChI is InChI=1S/C15H29BrN2O/c1-15(2,3)13(10-16)11-17-5-4-14(12-17)18-6-8-19-9-7-18/h13-14H,4-12H2,1-3H3. The fraction of sp³-hybridized carbons (Fsp3) is 1.00. The molecular weight excluding hydrogens is 304 g/mol. The maximum absolute atomic E-state index is 5.45. The molecule has 0 aromatic carbocycles. The molecule has 2 aliphatic heterocycles. The number of alkyl halides is 1. The largest absolute Gasteiger partial charge is 0.379 e. The van der Waals surface area contributed by atoms with E-state index in [2.05, 4.69) is 46.5 Å². The Morgan fingerprint density at radius 1 is 1.21 bits per heavy atom. The van der Waals surface area contributed by atoms with Crippen molar-refractivity contribution in [2.75, 3.05) is 51.3 Å². The van der Waals surface area contributed by atoms with E-state index in [0.29, 0.717) is 5.41 Å². The molecule has 2 fully saturated rings. The van der Waals surface area contributed by atoms with E-state index in [-0.39, 0.29) is 0 Å². The van der Waals surface area contributed by atoms with E-state index in [1.807, 2.05) is 0 Å². The molecule has 0 radical (unpaired) electrons. The van der Waals surface area contributed by atoms with Crippen molar-refractivity contribution >= 4 is 15.9 Å². The second-order valence-electron chi connectivity index (χ2n) is 7.07. The minimum atomic E-state index is 0.389. The lowest BCUT2D eigenvalue weighted by atomic mass is 9.82. The van der Waals surface area contributed by atoms with E-state index < -0.39 is 0 Å². The summed E-state index contributed by atoms with van der Waals surface area (Å²) in [5.41, 5.74) is 0.389. The number of rotatable bonds is 4. The molecule has 0 saturated carbocycles. The van der Waals surface area contributed by atoms with Crippen molar-refractivity contribution in [2.24, 2.45) is 11.3 Å². The molecule has 0 bridgehead atoms. The molecule has 2 saturated heterocycles. The second kappa shape index (κ2) is 6.88. The van der Waals surface area contributed by atoms with Gasteiger partial charge in [0.05, 0.1) is 13.2 Å². The van der Waals surface area contributed by atoms with Gasteiger partial charge in [-0.1, -0.05) is 36.7 Å². The highest BCUT2D eigenvalue weighted by atomic mass is 79.9. The molecule has 3 nitrogen and oxygen atoms in total. The third-order valence-corrected chi connectivity index (χ3v) is 5.48. The molecule has 0 spiro atoms. The van der Waals surface area contributed by atoms with Crippen LogP contribution in [-0.4, -0.2) is 67.1 Å². The zero-order valence-electron chi connectivity index (χ0n) is 12.7. The van der Waals surface area contributed by atoms with Gasteiger partial charge in [-0.25, -0.2) is 0 Å². The van der Waals surface area contributed by atoms with Crippen LogP contribution < -0.4 is 0 Å². The van der Waals surface area contributed by atoms with Crippen molar-refractivity contribution < 1.29 is 4.74 Å². The van der Waals surface area contributed by atoms with Crippen LogP contribution in [0, 0.1) is 11.3 Å². The van der Waals surface area contributed by atoms with Gasteiger partial charge in [0, 0.05) is 37.6 Å². The molecule has 0 N–H and O–H groups in total. The van der Waals surface area contributed by atoms with Gasteiger partial charge < -0.3 is 9.64 Å². The molecule has 2 unspecified atom stereocenters. The first-order valence-electron chi connectivity index (χ1n) is 7.61. The van der Waals surface area contributed by atoms with Gasteiger partial charge in [0.2, 0.25) is 0 Å². The first-order valence-corrected chi connectivity index (χ1v) is 8.73. The molecule has 2 atom stereocenters. The van der Waals surface area contributed by atoms with Gasteiger partial charge in [-0.3, -0.25) is 4.90 Å².